The van der Waals surface area contributed by atoms with Gasteiger partial charge in [0.25, 0.3) is 0 Å². The quantitative estimate of drug-likeness (QED) is 0.528. The maximum absolute atomic E-state index is 2.31. The van der Waals surface area contributed by atoms with E-state index in [9.17, 15) is 0 Å². The maximum atomic E-state index is 2.31. The van der Waals surface area contributed by atoms with Crippen molar-refractivity contribution in [2.45, 2.75) is 60.3 Å². The van der Waals surface area contributed by atoms with Gasteiger partial charge in [0.15, 0.2) is 0 Å². The van der Waals surface area contributed by atoms with Crippen LogP contribution in [0.15, 0.2) is 11.1 Å². The molecule has 0 aromatic carbocycles. The predicted molar refractivity (Wildman–Crippen MR) is 57.4 cm³/mol. The van der Waals surface area contributed by atoms with Gasteiger partial charge in [-0.2, -0.15) is 0 Å². The van der Waals surface area contributed by atoms with Crippen molar-refractivity contribution in [3.63, 3.8) is 0 Å². The Kier molecular flexibility index (Phi) is 6.14. The molecule has 0 fully saturated rings. The lowest BCUT2D eigenvalue weighted by Gasteiger charge is -2.17. The van der Waals surface area contributed by atoms with E-state index in [1.54, 1.807) is 11.1 Å². The average Bonchev–Trinajstić information content (AvgIpc) is 2.11. The van der Waals surface area contributed by atoms with Crippen molar-refractivity contribution in [2.75, 3.05) is 0 Å². The molecule has 0 N–H and O–H groups in total. The van der Waals surface area contributed by atoms with Crippen LogP contribution in [-0.2, 0) is 0 Å². The maximum Gasteiger partial charge on any atom is -0.0206 e. The Morgan fingerprint density at radius 1 is 1.08 bits per heavy atom. The van der Waals surface area contributed by atoms with E-state index < -0.39 is 0 Å². The molecule has 0 saturated carbocycles. The molecule has 0 aliphatic carbocycles. The van der Waals surface area contributed by atoms with Crippen LogP contribution >= 0.6 is 0 Å². The summed E-state index contributed by atoms with van der Waals surface area (Å²) in [6.45, 7) is 11.4. The molecule has 0 radical (unpaired) electrons. The smallest absolute Gasteiger partial charge is 0.0206 e. The van der Waals surface area contributed by atoms with E-state index in [2.05, 4.69) is 34.6 Å². The molecule has 1 unspecified atom stereocenters. The van der Waals surface area contributed by atoms with Crippen molar-refractivity contribution < 1.29 is 0 Å². The van der Waals surface area contributed by atoms with Crippen molar-refractivity contribution in [2.24, 2.45) is 5.92 Å². The third-order valence-corrected chi connectivity index (χ3v) is 2.95. The van der Waals surface area contributed by atoms with Gasteiger partial charge in [-0.15, -0.1) is 0 Å². The molecule has 0 spiro atoms. The molecule has 0 rings (SSSR count). The van der Waals surface area contributed by atoms with E-state index in [1.807, 2.05) is 0 Å². The van der Waals surface area contributed by atoms with Crippen LogP contribution in [0.3, 0.4) is 0 Å². The zero-order chi connectivity index (χ0) is 9.56. The standard InChI is InChI=1S/C12H24/c1-6-9-12(8-3)11(5)10(4)7-2/h12H,6-9H2,1-5H3. The van der Waals surface area contributed by atoms with Crippen LogP contribution in [0.1, 0.15) is 60.3 Å². The van der Waals surface area contributed by atoms with Crippen molar-refractivity contribution in [3.05, 3.63) is 11.1 Å². The number of hydrogen-bond donors (Lipinski definition) is 0. The second-order valence-electron chi connectivity index (χ2n) is 3.71. The molecule has 0 heterocycles. The minimum absolute atomic E-state index is 0.843. The van der Waals surface area contributed by atoms with Gasteiger partial charge in [0.2, 0.25) is 0 Å². The molecule has 0 heteroatoms. The highest BCUT2D eigenvalue weighted by Gasteiger charge is 2.08. The van der Waals surface area contributed by atoms with Crippen LogP contribution in [0.5, 0.6) is 0 Å². The minimum atomic E-state index is 0.843. The molecule has 1 atom stereocenters. The topological polar surface area (TPSA) is 0 Å². The van der Waals surface area contributed by atoms with E-state index in [4.69, 9.17) is 0 Å². The molecule has 0 aromatic rings. The lowest BCUT2D eigenvalue weighted by atomic mass is 9.89. The zero-order valence-corrected chi connectivity index (χ0v) is 9.41. The van der Waals surface area contributed by atoms with Crippen LogP contribution in [-0.4, -0.2) is 0 Å². The minimum Gasteiger partial charge on any atom is -0.0744 e. The Hall–Kier alpha value is -0.260. The Bertz CT molecular complexity index is 142. The molecule has 12 heavy (non-hydrogen) atoms. The van der Waals surface area contributed by atoms with Gasteiger partial charge in [0, 0.05) is 0 Å². The lowest BCUT2D eigenvalue weighted by Crippen LogP contribution is -2.02. The highest BCUT2D eigenvalue weighted by molar-refractivity contribution is 5.12. The molecular weight excluding hydrogens is 144 g/mol. The Balaban J connectivity index is 4.28. The summed E-state index contributed by atoms with van der Waals surface area (Å²) in [4.78, 5) is 0. The van der Waals surface area contributed by atoms with Gasteiger partial charge in [0.05, 0.1) is 0 Å². The van der Waals surface area contributed by atoms with Gasteiger partial charge in [-0.05, 0) is 39.0 Å². The fraction of sp³-hybridized carbons (Fsp3) is 0.833. The van der Waals surface area contributed by atoms with E-state index >= 15 is 0 Å². The summed E-state index contributed by atoms with van der Waals surface area (Å²) in [6.07, 6.45) is 5.19. The summed E-state index contributed by atoms with van der Waals surface area (Å²) < 4.78 is 0. The highest BCUT2D eigenvalue weighted by Crippen LogP contribution is 2.24. The summed E-state index contributed by atoms with van der Waals surface area (Å²) in [5.74, 6) is 0.843. The van der Waals surface area contributed by atoms with Crippen molar-refractivity contribution in [1.82, 2.24) is 0 Å². The summed E-state index contributed by atoms with van der Waals surface area (Å²) >= 11 is 0. The number of allylic oxidation sites excluding steroid dienone is 2. The second-order valence-corrected chi connectivity index (χ2v) is 3.71. The molecule has 72 valence electrons. The van der Waals surface area contributed by atoms with Crippen LogP contribution < -0.4 is 0 Å². The summed E-state index contributed by atoms with van der Waals surface area (Å²) in [6, 6.07) is 0. The summed E-state index contributed by atoms with van der Waals surface area (Å²) in [5.41, 5.74) is 3.23. The van der Waals surface area contributed by atoms with Crippen LogP contribution in [0.25, 0.3) is 0 Å². The van der Waals surface area contributed by atoms with Crippen LogP contribution in [0.4, 0.5) is 0 Å². The summed E-state index contributed by atoms with van der Waals surface area (Å²) in [7, 11) is 0. The van der Waals surface area contributed by atoms with Gasteiger partial charge >= 0.3 is 0 Å². The third-order valence-electron chi connectivity index (χ3n) is 2.95. The van der Waals surface area contributed by atoms with E-state index in [1.165, 1.54) is 25.7 Å². The van der Waals surface area contributed by atoms with Gasteiger partial charge in [-0.3, -0.25) is 0 Å². The predicted octanol–water partition coefficient (Wildman–Crippen LogP) is 4.56. The monoisotopic (exact) mass is 168 g/mol. The SMILES string of the molecule is CCCC(CC)C(C)=C(C)CC. The van der Waals surface area contributed by atoms with Gasteiger partial charge in [-0.1, -0.05) is 38.3 Å². The molecule has 0 nitrogen and oxygen atoms in total. The van der Waals surface area contributed by atoms with E-state index in [0.29, 0.717) is 0 Å². The fourth-order valence-corrected chi connectivity index (χ4v) is 1.70. The van der Waals surface area contributed by atoms with Gasteiger partial charge in [0.1, 0.15) is 0 Å². The Morgan fingerprint density at radius 2 is 1.67 bits per heavy atom. The largest absolute Gasteiger partial charge is 0.0744 e. The van der Waals surface area contributed by atoms with Crippen molar-refractivity contribution in [1.29, 1.82) is 0 Å². The molecular formula is C12H24. The zero-order valence-electron chi connectivity index (χ0n) is 9.41. The number of hydrogen-bond acceptors (Lipinski definition) is 0. The molecule has 0 aliphatic rings. The molecule has 0 aliphatic heterocycles. The van der Waals surface area contributed by atoms with Crippen LogP contribution in [0.2, 0.25) is 0 Å². The highest BCUT2D eigenvalue weighted by atomic mass is 14.1. The normalized spacial score (nSPS) is 15.8. The first-order chi connectivity index (χ1) is 5.67. The van der Waals surface area contributed by atoms with Crippen molar-refractivity contribution in [3.8, 4) is 0 Å². The van der Waals surface area contributed by atoms with E-state index in [0.717, 1.165) is 5.92 Å². The Labute approximate surface area is 78.1 Å². The van der Waals surface area contributed by atoms with E-state index in [-0.39, 0.29) is 0 Å². The summed E-state index contributed by atoms with van der Waals surface area (Å²) in [5, 5.41) is 0. The first-order valence-corrected chi connectivity index (χ1v) is 5.33. The van der Waals surface area contributed by atoms with Crippen molar-refractivity contribution >= 4 is 0 Å². The van der Waals surface area contributed by atoms with Gasteiger partial charge < -0.3 is 0 Å². The molecule has 0 saturated heterocycles. The first-order valence-electron chi connectivity index (χ1n) is 5.33. The fourth-order valence-electron chi connectivity index (χ4n) is 1.70. The third kappa shape index (κ3) is 3.42. The lowest BCUT2D eigenvalue weighted by molar-refractivity contribution is 0.528. The Morgan fingerprint density at radius 3 is 2.00 bits per heavy atom. The molecule has 0 amide bonds. The molecule has 0 aromatic heterocycles. The number of rotatable bonds is 5. The molecule has 0 bridgehead atoms. The van der Waals surface area contributed by atoms with Gasteiger partial charge in [-0.25, -0.2) is 0 Å². The van der Waals surface area contributed by atoms with Crippen LogP contribution in [0, 0.1) is 5.92 Å². The first kappa shape index (κ1) is 11.7. The average molecular weight is 168 g/mol. The second kappa shape index (κ2) is 6.28.